The van der Waals surface area contributed by atoms with Gasteiger partial charge in [0.2, 0.25) is 11.8 Å². The van der Waals surface area contributed by atoms with Gasteiger partial charge in [-0.05, 0) is 42.5 Å². The zero-order valence-electron chi connectivity index (χ0n) is 12.5. The average Bonchev–Trinajstić information content (AvgIpc) is 3.06. The largest absolute Gasteiger partial charge is 0.411 e. The summed E-state index contributed by atoms with van der Waals surface area (Å²) >= 11 is 16.4. The Morgan fingerprint density at radius 2 is 1.92 bits per heavy atom. The van der Waals surface area contributed by atoms with Crippen LogP contribution in [0.1, 0.15) is 0 Å². The number of halogens is 3. The average molecular weight is 459 g/mol. The van der Waals surface area contributed by atoms with Crippen molar-refractivity contribution in [1.82, 2.24) is 10.2 Å². The highest BCUT2D eigenvalue weighted by molar-refractivity contribution is 9.10. The number of anilines is 1. The molecule has 5 nitrogen and oxygen atoms in total. The molecular formula is C16H10BrCl2N3O2S. The summed E-state index contributed by atoms with van der Waals surface area (Å²) in [4.78, 5) is 12.0. The molecule has 0 unspecified atom stereocenters. The third-order valence-corrected chi connectivity index (χ3v) is 4.94. The van der Waals surface area contributed by atoms with Gasteiger partial charge in [0.25, 0.3) is 5.22 Å². The van der Waals surface area contributed by atoms with Crippen LogP contribution < -0.4 is 5.32 Å². The van der Waals surface area contributed by atoms with Crippen LogP contribution in [0.25, 0.3) is 11.5 Å². The van der Waals surface area contributed by atoms with Gasteiger partial charge < -0.3 is 9.73 Å². The van der Waals surface area contributed by atoms with E-state index < -0.39 is 0 Å². The summed E-state index contributed by atoms with van der Waals surface area (Å²) in [5.74, 6) is 0.246. The van der Waals surface area contributed by atoms with Crippen LogP contribution in [-0.2, 0) is 4.79 Å². The number of thioether (sulfide) groups is 1. The summed E-state index contributed by atoms with van der Waals surface area (Å²) < 4.78 is 6.51. The second-order valence-electron chi connectivity index (χ2n) is 4.84. The van der Waals surface area contributed by atoms with Gasteiger partial charge in [-0.1, -0.05) is 50.9 Å². The van der Waals surface area contributed by atoms with Crippen LogP contribution in [0, 0.1) is 0 Å². The molecule has 0 aliphatic rings. The maximum Gasteiger partial charge on any atom is 0.277 e. The molecule has 3 rings (SSSR count). The number of nitrogens with one attached hydrogen (secondary N) is 1. The molecule has 0 fully saturated rings. The molecule has 3 aromatic rings. The number of carbonyl (C=O) groups is 1. The zero-order valence-corrected chi connectivity index (χ0v) is 16.4. The molecule has 2 aromatic carbocycles. The van der Waals surface area contributed by atoms with Gasteiger partial charge in [-0.25, -0.2) is 0 Å². The zero-order chi connectivity index (χ0) is 17.8. The number of benzene rings is 2. The van der Waals surface area contributed by atoms with E-state index in [9.17, 15) is 4.79 Å². The van der Waals surface area contributed by atoms with Crippen molar-refractivity contribution in [1.29, 1.82) is 0 Å². The molecule has 0 aliphatic heterocycles. The fraction of sp³-hybridized carbons (Fsp3) is 0.0625. The van der Waals surface area contributed by atoms with Crippen molar-refractivity contribution in [2.75, 3.05) is 11.1 Å². The van der Waals surface area contributed by atoms with E-state index >= 15 is 0 Å². The highest BCUT2D eigenvalue weighted by Crippen LogP contribution is 2.27. The lowest BCUT2D eigenvalue weighted by molar-refractivity contribution is -0.113. The lowest BCUT2D eigenvalue weighted by Crippen LogP contribution is -2.14. The van der Waals surface area contributed by atoms with E-state index in [4.69, 9.17) is 27.6 Å². The van der Waals surface area contributed by atoms with E-state index in [0.717, 1.165) is 21.8 Å². The summed E-state index contributed by atoms with van der Waals surface area (Å²) in [6.07, 6.45) is 0. The Hall–Kier alpha value is -1.54. The molecule has 1 aromatic heterocycles. The quantitative estimate of drug-likeness (QED) is 0.508. The highest BCUT2D eigenvalue weighted by atomic mass is 79.9. The maximum atomic E-state index is 12.0. The van der Waals surface area contributed by atoms with Gasteiger partial charge in [-0.15, -0.1) is 10.2 Å². The number of hydrogen-bond acceptors (Lipinski definition) is 5. The molecule has 0 bridgehead atoms. The summed E-state index contributed by atoms with van der Waals surface area (Å²) in [6, 6.07) is 12.3. The predicted octanol–water partition coefficient (Wildman–Crippen LogP) is 5.54. The van der Waals surface area contributed by atoms with Crippen LogP contribution in [-0.4, -0.2) is 21.9 Å². The molecule has 0 aliphatic carbocycles. The van der Waals surface area contributed by atoms with Crippen LogP contribution in [0.3, 0.4) is 0 Å². The lowest BCUT2D eigenvalue weighted by atomic mass is 10.2. The van der Waals surface area contributed by atoms with E-state index in [1.807, 2.05) is 24.3 Å². The number of nitrogens with zero attached hydrogens (tertiary/aromatic N) is 2. The normalized spacial score (nSPS) is 10.7. The number of amides is 1. The molecule has 0 radical (unpaired) electrons. The Morgan fingerprint density at radius 1 is 1.16 bits per heavy atom. The summed E-state index contributed by atoms with van der Waals surface area (Å²) in [6.45, 7) is 0. The third kappa shape index (κ3) is 4.98. The number of carbonyl (C=O) groups excluding carboxylic acids is 1. The Balaban J connectivity index is 1.59. The smallest absolute Gasteiger partial charge is 0.277 e. The maximum absolute atomic E-state index is 12.0. The molecule has 1 amide bonds. The third-order valence-electron chi connectivity index (χ3n) is 3.03. The minimum Gasteiger partial charge on any atom is -0.411 e. The van der Waals surface area contributed by atoms with E-state index in [0.29, 0.717) is 26.8 Å². The monoisotopic (exact) mass is 457 g/mol. The standard InChI is InChI=1S/C16H10BrCl2N3O2S/c17-10-3-1-9(2-4-10)15-21-22-16(24-15)25-8-14(23)20-13-7-11(18)5-6-12(13)19/h1-7H,8H2,(H,20,23). The lowest BCUT2D eigenvalue weighted by Gasteiger charge is -2.06. The highest BCUT2D eigenvalue weighted by Gasteiger charge is 2.12. The first-order valence-electron chi connectivity index (χ1n) is 6.98. The van der Waals surface area contributed by atoms with Crippen molar-refractivity contribution in [2.24, 2.45) is 0 Å². The van der Waals surface area contributed by atoms with Crippen LogP contribution in [0.5, 0.6) is 0 Å². The fourth-order valence-corrected chi connectivity index (χ4v) is 3.05. The van der Waals surface area contributed by atoms with Gasteiger partial charge in [0.05, 0.1) is 16.5 Å². The van der Waals surface area contributed by atoms with Gasteiger partial charge >= 0.3 is 0 Å². The predicted molar refractivity (Wildman–Crippen MR) is 103 cm³/mol. The Labute approximate surface area is 166 Å². The molecule has 0 spiro atoms. The Morgan fingerprint density at radius 3 is 2.68 bits per heavy atom. The second-order valence-corrected chi connectivity index (χ2v) is 7.53. The molecule has 0 saturated heterocycles. The van der Waals surface area contributed by atoms with E-state index in [1.54, 1.807) is 18.2 Å². The molecule has 128 valence electrons. The van der Waals surface area contributed by atoms with Crippen molar-refractivity contribution in [3.8, 4) is 11.5 Å². The van der Waals surface area contributed by atoms with Gasteiger partial charge in [0.15, 0.2) is 0 Å². The Bertz CT molecular complexity index is 903. The van der Waals surface area contributed by atoms with E-state index in [1.165, 1.54) is 0 Å². The van der Waals surface area contributed by atoms with Gasteiger partial charge in [0, 0.05) is 15.1 Å². The first-order valence-corrected chi connectivity index (χ1v) is 9.52. The van der Waals surface area contributed by atoms with Crippen molar-refractivity contribution >= 4 is 62.5 Å². The Kier molecular flexibility index (Phi) is 6.01. The fourth-order valence-electron chi connectivity index (χ4n) is 1.88. The second kappa shape index (κ2) is 8.23. The molecule has 1 N–H and O–H groups in total. The van der Waals surface area contributed by atoms with Gasteiger partial charge in [-0.2, -0.15) is 0 Å². The topological polar surface area (TPSA) is 68.0 Å². The summed E-state index contributed by atoms with van der Waals surface area (Å²) in [5.41, 5.74) is 1.26. The van der Waals surface area contributed by atoms with Crippen molar-refractivity contribution in [2.45, 2.75) is 5.22 Å². The van der Waals surface area contributed by atoms with Crippen LogP contribution in [0.4, 0.5) is 5.69 Å². The van der Waals surface area contributed by atoms with Crippen molar-refractivity contribution in [3.05, 3.63) is 57.0 Å². The molecule has 9 heteroatoms. The van der Waals surface area contributed by atoms with Crippen LogP contribution >= 0.6 is 50.9 Å². The molecule has 25 heavy (non-hydrogen) atoms. The van der Waals surface area contributed by atoms with Gasteiger partial charge in [-0.3, -0.25) is 4.79 Å². The minimum absolute atomic E-state index is 0.102. The summed E-state index contributed by atoms with van der Waals surface area (Å²) in [5, 5.41) is 11.8. The van der Waals surface area contributed by atoms with Crippen molar-refractivity contribution < 1.29 is 9.21 Å². The van der Waals surface area contributed by atoms with Crippen LogP contribution in [0.2, 0.25) is 10.0 Å². The molecule has 0 atom stereocenters. The van der Waals surface area contributed by atoms with E-state index in [2.05, 4.69) is 31.4 Å². The van der Waals surface area contributed by atoms with Gasteiger partial charge in [0.1, 0.15) is 0 Å². The number of aromatic nitrogens is 2. The van der Waals surface area contributed by atoms with Crippen LogP contribution in [0.15, 0.2) is 56.6 Å². The minimum atomic E-state index is -0.252. The van der Waals surface area contributed by atoms with E-state index in [-0.39, 0.29) is 11.7 Å². The molecular weight excluding hydrogens is 449 g/mol. The number of rotatable bonds is 5. The first kappa shape index (κ1) is 18.3. The molecule has 0 saturated carbocycles. The summed E-state index contributed by atoms with van der Waals surface area (Å²) in [7, 11) is 0. The first-order chi connectivity index (χ1) is 12.0. The van der Waals surface area contributed by atoms with Crippen molar-refractivity contribution in [3.63, 3.8) is 0 Å². The number of hydrogen-bond donors (Lipinski definition) is 1. The molecule has 1 heterocycles. The SMILES string of the molecule is O=C(CSc1nnc(-c2ccc(Br)cc2)o1)Nc1cc(Cl)ccc1Cl.